The molecule has 2 amide bonds. The van der Waals surface area contributed by atoms with E-state index in [1.54, 1.807) is 0 Å². The van der Waals surface area contributed by atoms with Crippen LogP contribution in [0.25, 0.3) is 0 Å². The van der Waals surface area contributed by atoms with Crippen LogP contribution in [0.5, 0.6) is 0 Å². The summed E-state index contributed by atoms with van der Waals surface area (Å²) >= 11 is 0. The Bertz CT molecular complexity index is 783. The van der Waals surface area contributed by atoms with E-state index in [1.807, 2.05) is 60.7 Å². The summed E-state index contributed by atoms with van der Waals surface area (Å²) < 4.78 is 0. The first-order chi connectivity index (χ1) is 11.7. The van der Waals surface area contributed by atoms with E-state index in [9.17, 15) is 4.79 Å². The van der Waals surface area contributed by atoms with Crippen LogP contribution in [-0.4, -0.2) is 6.03 Å². The van der Waals surface area contributed by atoms with Crippen molar-refractivity contribution in [1.82, 2.24) is 5.32 Å². The number of anilines is 1. The number of para-hydroxylation sites is 1. The van der Waals surface area contributed by atoms with E-state index in [0.717, 1.165) is 16.8 Å². The van der Waals surface area contributed by atoms with Gasteiger partial charge in [0, 0.05) is 5.69 Å². The highest BCUT2D eigenvalue weighted by atomic mass is 16.2. The normalized spacial score (nSPS) is 11.5. The van der Waals surface area contributed by atoms with Crippen molar-refractivity contribution < 1.29 is 4.79 Å². The molecule has 0 aromatic heterocycles. The van der Waals surface area contributed by atoms with Gasteiger partial charge in [0.15, 0.2) is 0 Å². The van der Waals surface area contributed by atoms with Gasteiger partial charge in [0.1, 0.15) is 0 Å². The number of hydrogen-bond acceptors (Lipinski definition) is 1. The van der Waals surface area contributed by atoms with Crippen molar-refractivity contribution in [1.29, 1.82) is 0 Å². The third kappa shape index (κ3) is 4.02. The van der Waals surface area contributed by atoms with Gasteiger partial charge in [0.2, 0.25) is 0 Å². The second-order valence-corrected chi connectivity index (χ2v) is 5.72. The molecular weight excluding hydrogens is 296 g/mol. The van der Waals surface area contributed by atoms with E-state index < -0.39 is 0 Å². The minimum atomic E-state index is -0.226. The second-order valence-electron chi connectivity index (χ2n) is 5.72. The minimum Gasteiger partial charge on any atom is -0.327 e. The number of carbonyl (C=O) groups is 1. The van der Waals surface area contributed by atoms with Gasteiger partial charge in [-0.15, -0.1) is 0 Å². The van der Waals surface area contributed by atoms with Gasteiger partial charge >= 0.3 is 6.03 Å². The molecule has 24 heavy (non-hydrogen) atoms. The zero-order chi connectivity index (χ0) is 16.8. The lowest BCUT2D eigenvalue weighted by atomic mass is 9.98. The van der Waals surface area contributed by atoms with Gasteiger partial charge in [0.05, 0.1) is 6.04 Å². The van der Waals surface area contributed by atoms with E-state index in [1.165, 1.54) is 5.56 Å². The van der Waals surface area contributed by atoms with Gasteiger partial charge < -0.3 is 10.6 Å². The molecule has 3 heteroatoms. The maximum atomic E-state index is 12.4. The van der Waals surface area contributed by atoms with Gasteiger partial charge in [-0.3, -0.25) is 0 Å². The Labute approximate surface area is 142 Å². The molecule has 0 spiro atoms. The molecule has 1 atom stereocenters. The lowest BCUT2D eigenvalue weighted by molar-refractivity contribution is 0.250. The topological polar surface area (TPSA) is 41.1 Å². The van der Waals surface area contributed by atoms with Crippen LogP contribution in [0.3, 0.4) is 0 Å². The number of aryl methyl sites for hydroxylation is 1. The summed E-state index contributed by atoms with van der Waals surface area (Å²) in [7, 11) is 0. The van der Waals surface area contributed by atoms with E-state index in [-0.39, 0.29) is 12.1 Å². The highest BCUT2D eigenvalue weighted by Crippen LogP contribution is 2.22. The van der Waals surface area contributed by atoms with Crippen molar-refractivity contribution in [2.75, 3.05) is 5.32 Å². The van der Waals surface area contributed by atoms with Gasteiger partial charge in [0.25, 0.3) is 0 Å². The van der Waals surface area contributed by atoms with Crippen molar-refractivity contribution in [2.45, 2.75) is 13.0 Å². The highest BCUT2D eigenvalue weighted by Gasteiger charge is 2.16. The molecule has 0 unspecified atom stereocenters. The predicted octanol–water partition coefficient (Wildman–Crippen LogP) is 4.91. The standard InChI is InChI=1S/C21H20N2O/c1-16-12-14-18(15-13-16)20(17-8-4-2-5-9-17)23-21(24)22-19-10-6-3-7-11-19/h2-15,20H,1H3,(H2,22,23,24)/t20-/m1/s1. The summed E-state index contributed by atoms with van der Waals surface area (Å²) in [5.41, 5.74) is 4.06. The minimum absolute atomic E-state index is 0.199. The number of benzene rings is 3. The van der Waals surface area contributed by atoms with Crippen LogP contribution in [0.15, 0.2) is 84.9 Å². The van der Waals surface area contributed by atoms with Crippen LogP contribution in [-0.2, 0) is 0 Å². The van der Waals surface area contributed by atoms with Crippen molar-refractivity contribution in [3.8, 4) is 0 Å². The van der Waals surface area contributed by atoms with Gasteiger partial charge in [-0.25, -0.2) is 4.79 Å². The van der Waals surface area contributed by atoms with Gasteiger partial charge in [-0.05, 0) is 30.2 Å². The van der Waals surface area contributed by atoms with Crippen molar-refractivity contribution in [2.24, 2.45) is 0 Å². The average Bonchev–Trinajstić information content (AvgIpc) is 2.62. The molecule has 0 aliphatic heterocycles. The van der Waals surface area contributed by atoms with Crippen LogP contribution in [0.1, 0.15) is 22.7 Å². The molecule has 3 aromatic carbocycles. The predicted molar refractivity (Wildman–Crippen MR) is 98.1 cm³/mol. The summed E-state index contributed by atoms with van der Waals surface area (Å²) in [6.45, 7) is 2.05. The largest absolute Gasteiger partial charge is 0.327 e. The summed E-state index contributed by atoms with van der Waals surface area (Å²) in [4.78, 5) is 12.4. The van der Waals surface area contributed by atoms with Gasteiger partial charge in [-0.1, -0.05) is 78.4 Å². The smallest absolute Gasteiger partial charge is 0.319 e. The van der Waals surface area contributed by atoms with E-state index in [4.69, 9.17) is 0 Å². The maximum Gasteiger partial charge on any atom is 0.319 e. The molecule has 120 valence electrons. The second kappa shape index (κ2) is 7.47. The van der Waals surface area contributed by atoms with Crippen LogP contribution in [0, 0.1) is 6.92 Å². The number of urea groups is 1. The number of carbonyl (C=O) groups excluding carboxylic acids is 1. The van der Waals surface area contributed by atoms with Crippen LogP contribution >= 0.6 is 0 Å². The average molecular weight is 316 g/mol. The number of nitrogens with one attached hydrogen (secondary N) is 2. The van der Waals surface area contributed by atoms with Crippen molar-refractivity contribution in [3.63, 3.8) is 0 Å². The molecule has 0 fully saturated rings. The lowest BCUT2D eigenvalue weighted by Gasteiger charge is -2.20. The molecule has 0 aliphatic carbocycles. The monoisotopic (exact) mass is 316 g/mol. The summed E-state index contributed by atoms with van der Waals surface area (Å²) in [6, 6.07) is 27.2. The highest BCUT2D eigenvalue weighted by molar-refractivity contribution is 5.89. The summed E-state index contributed by atoms with van der Waals surface area (Å²) in [5.74, 6) is 0. The third-order valence-corrected chi connectivity index (χ3v) is 3.85. The van der Waals surface area contributed by atoms with E-state index >= 15 is 0 Å². The zero-order valence-corrected chi connectivity index (χ0v) is 13.6. The quantitative estimate of drug-likeness (QED) is 0.706. The Morgan fingerprint density at radius 2 is 1.29 bits per heavy atom. The molecule has 3 aromatic rings. The third-order valence-electron chi connectivity index (χ3n) is 3.85. The Morgan fingerprint density at radius 1 is 0.750 bits per heavy atom. The first kappa shape index (κ1) is 15.8. The summed E-state index contributed by atoms with van der Waals surface area (Å²) in [5, 5.41) is 5.94. The first-order valence-electron chi connectivity index (χ1n) is 7.96. The molecule has 2 N–H and O–H groups in total. The fourth-order valence-electron chi connectivity index (χ4n) is 2.58. The van der Waals surface area contributed by atoms with Crippen LogP contribution in [0.4, 0.5) is 10.5 Å². The van der Waals surface area contributed by atoms with Gasteiger partial charge in [-0.2, -0.15) is 0 Å². The molecular formula is C21H20N2O. The number of amides is 2. The summed E-state index contributed by atoms with van der Waals surface area (Å²) in [6.07, 6.45) is 0. The zero-order valence-electron chi connectivity index (χ0n) is 13.6. The Balaban J connectivity index is 1.82. The Kier molecular flexibility index (Phi) is 4.92. The molecule has 0 heterocycles. The van der Waals surface area contributed by atoms with Crippen molar-refractivity contribution in [3.05, 3.63) is 102 Å². The fourth-order valence-corrected chi connectivity index (χ4v) is 2.58. The molecule has 0 saturated carbocycles. The van der Waals surface area contributed by atoms with E-state index in [2.05, 4.69) is 41.8 Å². The van der Waals surface area contributed by atoms with Crippen LogP contribution in [0.2, 0.25) is 0 Å². The number of hydrogen-bond donors (Lipinski definition) is 2. The van der Waals surface area contributed by atoms with Crippen LogP contribution < -0.4 is 10.6 Å². The Morgan fingerprint density at radius 3 is 1.92 bits per heavy atom. The molecule has 3 nitrogen and oxygen atoms in total. The molecule has 0 aliphatic rings. The van der Waals surface area contributed by atoms with Crippen molar-refractivity contribution >= 4 is 11.7 Å². The lowest BCUT2D eigenvalue weighted by Crippen LogP contribution is -2.33. The molecule has 3 rings (SSSR count). The SMILES string of the molecule is Cc1ccc([C@H](NC(=O)Nc2ccccc2)c2ccccc2)cc1. The Hall–Kier alpha value is -3.07. The maximum absolute atomic E-state index is 12.4. The first-order valence-corrected chi connectivity index (χ1v) is 7.96. The molecule has 0 radical (unpaired) electrons. The number of rotatable bonds is 4. The fraction of sp³-hybridized carbons (Fsp3) is 0.0952. The molecule has 0 saturated heterocycles. The molecule has 0 bridgehead atoms. The van der Waals surface area contributed by atoms with E-state index in [0.29, 0.717) is 0 Å².